The van der Waals surface area contributed by atoms with Crippen LogP contribution < -0.4 is 17.2 Å². The van der Waals surface area contributed by atoms with Crippen molar-refractivity contribution in [2.45, 2.75) is 6.04 Å². The van der Waals surface area contributed by atoms with E-state index in [-0.39, 0.29) is 17.0 Å². The molecule has 32 heavy (non-hydrogen) atoms. The van der Waals surface area contributed by atoms with Crippen LogP contribution in [0.1, 0.15) is 42.9 Å². The third-order valence-corrected chi connectivity index (χ3v) is 4.12. The van der Waals surface area contributed by atoms with E-state index in [1.54, 1.807) is 12.1 Å². The van der Waals surface area contributed by atoms with Gasteiger partial charge in [-0.15, -0.1) is 0 Å². The lowest BCUT2D eigenvalue weighted by Crippen LogP contribution is -2.28. The van der Waals surface area contributed by atoms with Crippen molar-refractivity contribution in [2.75, 3.05) is 14.2 Å². The predicted molar refractivity (Wildman–Crippen MR) is 108 cm³/mol. The smallest absolute Gasteiger partial charge is 0.355 e. The number of amides is 1. The number of ether oxygens (including phenoxy) is 2. The maximum Gasteiger partial charge on any atom is 0.355 e. The minimum atomic E-state index is -1.30. The molecule has 0 fully saturated rings. The van der Waals surface area contributed by atoms with E-state index in [2.05, 4.69) is 19.4 Å². The van der Waals surface area contributed by atoms with Crippen molar-refractivity contribution < 1.29 is 33.8 Å². The van der Waals surface area contributed by atoms with E-state index in [9.17, 15) is 24.0 Å². The Kier molecular flexibility index (Phi) is 7.42. The molecule has 13 heteroatoms. The number of nitrogens with two attached hydrogens (primary N) is 2. The summed E-state index contributed by atoms with van der Waals surface area (Å²) in [6.07, 6.45) is 1.21. The first kappa shape index (κ1) is 23.8. The molecule has 1 atom stereocenters. The molecule has 2 heterocycles. The summed E-state index contributed by atoms with van der Waals surface area (Å²) in [5, 5.41) is 8.82. The van der Waals surface area contributed by atoms with Gasteiger partial charge in [0.2, 0.25) is 5.91 Å². The minimum Gasteiger partial charge on any atom is -0.477 e. The van der Waals surface area contributed by atoms with Crippen LogP contribution in [0.3, 0.4) is 0 Å². The van der Waals surface area contributed by atoms with E-state index in [0.29, 0.717) is 11.1 Å². The number of carbonyl (C=O) groups excluding carboxylic acids is 3. The fraction of sp³-hybridized carbons (Fsp3) is 0.158. The molecule has 168 valence electrons. The normalized spacial score (nSPS) is 11.1. The summed E-state index contributed by atoms with van der Waals surface area (Å²) in [6.45, 7) is 0. The van der Waals surface area contributed by atoms with Crippen molar-refractivity contribution >= 4 is 29.5 Å². The van der Waals surface area contributed by atoms with E-state index in [4.69, 9.17) is 16.6 Å². The zero-order valence-corrected chi connectivity index (χ0v) is 16.9. The molecule has 0 radical (unpaired) electrons. The van der Waals surface area contributed by atoms with Gasteiger partial charge in [-0.2, -0.15) is 0 Å². The van der Waals surface area contributed by atoms with E-state index >= 15 is 0 Å². The summed E-state index contributed by atoms with van der Waals surface area (Å²) >= 11 is 0. The average Bonchev–Trinajstić information content (AvgIpc) is 3.18. The lowest BCUT2D eigenvalue weighted by Gasteiger charge is -2.07. The fourth-order valence-corrected chi connectivity index (χ4v) is 2.50. The number of aromatic amines is 1. The molecule has 13 nitrogen and oxygen atoms in total. The number of esters is 2. The average molecular weight is 445 g/mol. The van der Waals surface area contributed by atoms with Gasteiger partial charge in [0.05, 0.1) is 19.8 Å². The van der Waals surface area contributed by atoms with Crippen LogP contribution in [0.4, 0.5) is 0 Å². The predicted octanol–water partition coefficient (Wildman–Crippen LogP) is -0.534. The van der Waals surface area contributed by atoms with E-state index in [1.165, 1.54) is 25.4 Å². The number of methoxy groups -OCH3 is 2. The second-order valence-electron chi connectivity index (χ2n) is 6.10. The highest BCUT2D eigenvalue weighted by Gasteiger charge is 2.18. The summed E-state index contributed by atoms with van der Waals surface area (Å²) in [5.74, 6) is -3.16. The molecule has 0 bridgehead atoms. The van der Waals surface area contributed by atoms with Gasteiger partial charge >= 0.3 is 23.6 Å². The Morgan fingerprint density at radius 1 is 1.09 bits per heavy atom. The maximum atomic E-state index is 11.4. The zero-order valence-electron chi connectivity index (χ0n) is 16.9. The van der Waals surface area contributed by atoms with Crippen LogP contribution in [-0.2, 0) is 14.3 Å². The number of aromatic nitrogens is 3. The van der Waals surface area contributed by atoms with E-state index in [0.717, 1.165) is 17.6 Å². The van der Waals surface area contributed by atoms with Crippen molar-refractivity contribution in [3.8, 4) is 0 Å². The molecule has 0 saturated carbocycles. The van der Waals surface area contributed by atoms with Crippen molar-refractivity contribution in [2.24, 2.45) is 11.5 Å². The molecule has 6 N–H and O–H groups in total. The number of fused-ring (bicyclic) bond motifs is 1. The monoisotopic (exact) mass is 445 g/mol. The summed E-state index contributed by atoms with van der Waals surface area (Å²) in [5.41, 5.74) is 10.4. The SMILES string of the molecule is COC(=O)c1cc(C(=O)O)nc2c[nH]c(=O)n12.COC(=O)c1ccc([C@@H](N)C(N)=O)cc1. The van der Waals surface area contributed by atoms with Crippen LogP contribution in [0.15, 0.2) is 41.3 Å². The van der Waals surface area contributed by atoms with Gasteiger partial charge in [-0.25, -0.2) is 28.6 Å². The number of nitrogens with zero attached hydrogens (tertiary/aromatic N) is 2. The van der Waals surface area contributed by atoms with Crippen LogP contribution in [0.5, 0.6) is 0 Å². The van der Waals surface area contributed by atoms with Gasteiger partial charge in [0, 0.05) is 12.3 Å². The van der Waals surface area contributed by atoms with E-state index in [1.807, 2.05) is 0 Å². The van der Waals surface area contributed by atoms with Gasteiger partial charge in [-0.05, 0) is 17.7 Å². The molecule has 0 unspecified atom stereocenters. The second-order valence-corrected chi connectivity index (χ2v) is 6.10. The van der Waals surface area contributed by atoms with Crippen LogP contribution >= 0.6 is 0 Å². The third-order valence-electron chi connectivity index (χ3n) is 4.12. The lowest BCUT2D eigenvalue weighted by molar-refractivity contribution is -0.119. The third kappa shape index (κ3) is 5.14. The van der Waals surface area contributed by atoms with Gasteiger partial charge in [0.25, 0.3) is 0 Å². The Labute approximate surface area is 179 Å². The second kappa shape index (κ2) is 9.99. The molecule has 0 spiro atoms. The highest BCUT2D eigenvalue weighted by atomic mass is 16.5. The number of benzene rings is 1. The number of carboxylic acid groups (broad SMARTS) is 1. The molecule has 0 aliphatic heterocycles. The molecule has 1 amide bonds. The highest BCUT2D eigenvalue weighted by molar-refractivity contribution is 5.93. The van der Waals surface area contributed by atoms with Crippen molar-refractivity contribution in [1.29, 1.82) is 0 Å². The molecular formula is C19H19N5O8. The van der Waals surface area contributed by atoms with Crippen LogP contribution in [-0.4, -0.2) is 57.5 Å². The van der Waals surface area contributed by atoms with Gasteiger partial charge in [0.15, 0.2) is 11.3 Å². The standard InChI is InChI=1S/C10H12N2O3.C9H7N3O5/c1-15-10(14)7-4-2-6(3-5-7)8(11)9(12)13;1-17-8(15)5-2-4(7(13)14)11-6-3-10-9(16)12(5)6/h2-5,8H,11H2,1H3,(H2,12,13);2-3H,1H3,(H,10,16)(H,13,14)/t8-;/m1./s1. The van der Waals surface area contributed by atoms with Gasteiger partial charge in [-0.3, -0.25) is 4.79 Å². The molecule has 0 saturated heterocycles. The topological polar surface area (TPSA) is 209 Å². The Morgan fingerprint density at radius 3 is 2.19 bits per heavy atom. The fourth-order valence-electron chi connectivity index (χ4n) is 2.50. The summed E-state index contributed by atoms with van der Waals surface area (Å²) in [4.78, 5) is 61.5. The minimum absolute atomic E-state index is 0.0373. The summed E-state index contributed by atoms with van der Waals surface area (Å²) in [7, 11) is 2.43. The summed E-state index contributed by atoms with van der Waals surface area (Å²) < 4.78 is 9.94. The first-order valence-corrected chi connectivity index (χ1v) is 8.76. The molecule has 2 aromatic heterocycles. The molecule has 1 aromatic carbocycles. The van der Waals surface area contributed by atoms with Crippen molar-refractivity contribution in [3.05, 3.63) is 69.5 Å². The van der Waals surface area contributed by atoms with Crippen molar-refractivity contribution in [3.63, 3.8) is 0 Å². The number of carboxylic acids is 1. The number of hydrogen-bond donors (Lipinski definition) is 4. The molecule has 3 aromatic rings. The molecule has 0 aliphatic rings. The van der Waals surface area contributed by atoms with Crippen LogP contribution in [0.2, 0.25) is 0 Å². The van der Waals surface area contributed by atoms with Crippen molar-refractivity contribution in [1.82, 2.24) is 14.4 Å². The number of rotatable bonds is 5. The first-order valence-electron chi connectivity index (χ1n) is 8.76. The van der Waals surface area contributed by atoms with Gasteiger partial charge < -0.3 is 31.0 Å². The Morgan fingerprint density at radius 2 is 1.69 bits per heavy atom. The van der Waals surface area contributed by atoms with Gasteiger partial charge in [0.1, 0.15) is 11.7 Å². The first-order chi connectivity index (χ1) is 15.1. The Balaban J connectivity index is 0.000000229. The maximum absolute atomic E-state index is 11.4. The Hall–Kier alpha value is -4.52. The summed E-state index contributed by atoms with van der Waals surface area (Å²) in [6, 6.07) is 6.34. The molecule has 0 aliphatic carbocycles. The molecule has 3 rings (SSSR count). The largest absolute Gasteiger partial charge is 0.477 e. The zero-order chi connectivity index (χ0) is 24.0. The van der Waals surface area contributed by atoms with Crippen LogP contribution in [0, 0.1) is 0 Å². The van der Waals surface area contributed by atoms with Gasteiger partial charge in [-0.1, -0.05) is 12.1 Å². The highest BCUT2D eigenvalue weighted by Crippen LogP contribution is 2.12. The number of imidazole rings is 1. The number of primary amides is 1. The lowest BCUT2D eigenvalue weighted by atomic mass is 10.1. The van der Waals surface area contributed by atoms with Crippen LogP contribution in [0.25, 0.3) is 5.65 Å². The number of aromatic carboxylic acids is 1. The number of H-pyrrole nitrogens is 1. The number of nitrogens with one attached hydrogen (secondary N) is 1. The molecular weight excluding hydrogens is 426 g/mol. The quantitative estimate of drug-likeness (QED) is 0.369. The number of hydrogen-bond acceptors (Lipinski definition) is 9. The Bertz CT molecular complexity index is 1230. The number of carbonyl (C=O) groups is 4. The van der Waals surface area contributed by atoms with E-state index < -0.39 is 35.5 Å².